The molecule has 10 atom stereocenters. The van der Waals surface area contributed by atoms with Crippen LogP contribution in [0, 0.1) is 40.4 Å². The molecule has 186 valence electrons. The molecule has 0 aromatic carbocycles. The maximum absolute atomic E-state index is 13.5. The standard InChI is InChI=1S/C28H44O5/c1-15(17(3)14-29)6-7-16(2)20-13-23(32)24-18-12-22(31)25-26(33)21(30)9-11-27(25,4)19(18)8-10-28(20,24)5/h16-17,19-22,25-26,29-31,33H,1,6-14H2,2-5H3/t16-,17-,19+,20-,21+,22?,25?,26+,27-,28-/m1/s1. The number of allylic oxidation sites excluding steroid dienone is 1. The zero-order valence-corrected chi connectivity index (χ0v) is 20.9. The summed E-state index contributed by atoms with van der Waals surface area (Å²) in [7, 11) is 0. The molecular formula is C28H44O5. The van der Waals surface area contributed by atoms with Crippen molar-refractivity contribution in [2.45, 2.75) is 97.4 Å². The lowest BCUT2D eigenvalue weighted by Crippen LogP contribution is -2.59. The molecule has 0 spiro atoms. The number of ketones is 1. The second kappa shape index (κ2) is 8.89. The van der Waals surface area contributed by atoms with Gasteiger partial charge in [0.1, 0.15) is 0 Å². The molecule has 4 rings (SSSR count). The SMILES string of the molecule is C=C(CC[C@@H](C)[C@H]1CC(=O)C2=C3CC(O)C4[C@@H](O)[C@@H](O)CC[C@]4(C)[C@H]3CC[C@@]21C)[C@H](C)CO. The van der Waals surface area contributed by atoms with E-state index < -0.39 is 18.3 Å². The Kier molecular flexibility index (Phi) is 6.76. The Morgan fingerprint density at radius 2 is 1.79 bits per heavy atom. The normalized spacial score (nSPS) is 44.7. The van der Waals surface area contributed by atoms with Crippen molar-refractivity contribution in [3.05, 3.63) is 23.3 Å². The van der Waals surface area contributed by atoms with Gasteiger partial charge in [0.15, 0.2) is 5.78 Å². The number of hydrogen-bond acceptors (Lipinski definition) is 5. The number of carbonyl (C=O) groups is 1. The van der Waals surface area contributed by atoms with Gasteiger partial charge in [-0.15, -0.1) is 0 Å². The number of aliphatic hydroxyl groups is 4. The quantitative estimate of drug-likeness (QED) is 0.452. The monoisotopic (exact) mass is 460 g/mol. The summed E-state index contributed by atoms with van der Waals surface area (Å²) in [5.74, 6) is 0.868. The molecule has 5 heteroatoms. The largest absolute Gasteiger partial charge is 0.396 e. The smallest absolute Gasteiger partial charge is 0.159 e. The third kappa shape index (κ3) is 3.87. The van der Waals surface area contributed by atoms with E-state index in [1.807, 2.05) is 6.92 Å². The molecule has 0 aliphatic heterocycles. The van der Waals surface area contributed by atoms with Gasteiger partial charge in [-0.25, -0.2) is 0 Å². The van der Waals surface area contributed by atoms with Crippen LogP contribution in [0.1, 0.15) is 79.1 Å². The van der Waals surface area contributed by atoms with Gasteiger partial charge in [0.05, 0.1) is 18.3 Å². The Balaban J connectivity index is 1.62. The summed E-state index contributed by atoms with van der Waals surface area (Å²) in [6, 6.07) is 0. The highest BCUT2D eigenvalue weighted by Crippen LogP contribution is 2.65. The minimum atomic E-state index is -0.903. The van der Waals surface area contributed by atoms with E-state index in [1.165, 1.54) is 0 Å². The predicted octanol–water partition coefficient (Wildman–Crippen LogP) is 3.79. The van der Waals surface area contributed by atoms with Crippen LogP contribution in [0.15, 0.2) is 23.3 Å². The molecular weight excluding hydrogens is 416 g/mol. The first-order valence-electron chi connectivity index (χ1n) is 13.0. The van der Waals surface area contributed by atoms with Crippen LogP contribution < -0.4 is 0 Å². The minimum Gasteiger partial charge on any atom is -0.396 e. The number of hydrogen-bond donors (Lipinski definition) is 4. The zero-order valence-electron chi connectivity index (χ0n) is 20.9. The summed E-state index contributed by atoms with van der Waals surface area (Å²) >= 11 is 0. The Morgan fingerprint density at radius 3 is 2.45 bits per heavy atom. The predicted molar refractivity (Wildman–Crippen MR) is 128 cm³/mol. The van der Waals surface area contributed by atoms with Gasteiger partial charge in [0, 0.05) is 24.5 Å². The fourth-order valence-corrected chi connectivity index (χ4v) is 8.32. The molecule has 0 aromatic rings. The summed E-state index contributed by atoms with van der Waals surface area (Å²) < 4.78 is 0. The van der Waals surface area contributed by atoms with Gasteiger partial charge >= 0.3 is 0 Å². The highest BCUT2D eigenvalue weighted by molar-refractivity contribution is 6.00. The van der Waals surface area contributed by atoms with Crippen molar-refractivity contribution in [1.29, 1.82) is 0 Å². The summed E-state index contributed by atoms with van der Waals surface area (Å²) in [5, 5.41) is 41.6. The second-order valence-corrected chi connectivity index (χ2v) is 12.3. The average molecular weight is 461 g/mol. The molecule has 0 radical (unpaired) electrons. The van der Waals surface area contributed by atoms with Gasteiger partial charge in [-0.1, -0.05) is 45.4 Å². The second-order valence-electron chi connectivity index (χ2n) is 12.3. The number of Topliss-reactive ketones (excluding diaryl/α,β-unsaturated/α-hetero) is 1. The summed E-state index contributed by atoms with van der Waals surface area (Å²) in [4.78, 5) is 13.5. The molecule has 3 saturated carbocycles. The van der Waals surface area contributed by atoms with Crippen LogP contribution in [-0.4, -0.2) is 51.1 Å². The minimum absolute atomic E-state index is 0.105. The fraction of sp³-hybridized carbons (Fsp3) is 0.821. The molecule has 33 heavy (non-hydrogen) atoms. The van der Waals surface area contributed by atoms with Crippen molar-refractivity contribution in [2.75, 3.05) is 6.61 Å². The molecule has 2 unspecified atom stereocenters. The molecule has 4 aliphatic rings. The molecule has 0 saturated heterocycles. The Morgan fingerprint density at radius 1 is 1.09 bits per heavy atom. The van der Waals surface area contributed by atoms with E-state index in [0.717, 1.165) is 48.8 Å². The van der Waals surface area contributed by atoms with E-state index in [9.17, 15) is 25.2 Å². The number of fused-ring (bicyclic) bond motifs is 4. The van der Waals surface area contributed by atoms with Gasteiger partial charge in [0.25, 0.3) is 0 Å². The van der Waals surface area contributed by atoms with Gasteiger partial charge in [-0.05, 0) is 79.4 Å². The van der Waals surface area contributed by atoms with Crippen LogP contribution >= 0.6 is 0 Å². The third-order valence-corrected chi connectivity index (χ3v) is 10.5. The van der Waals surface area contributed by atoms with Crippen LogP contribution in [0.2, 0.25) is 0 Å². The van der Waals surface area contributed by atoms with Gasteiger partial charge < -0.3 is 20.4 Å². The van der Waals surface area contributed by atoms with Crippen molar-refractivity contribution in [2.24, 2.45) is 40.4 Å². The van der Waals surface area contributed by atoms with E-state index in [4.69, 9.17) is 0 Å². The Bertz CT molecular complexity index is 832. The van der Waals surface area contributed by atoms with E-state index in [0.29, 0.717) is 25.2 Å². The van der Waals surface area contributed by atoms with Crippen LogP contribution in [-0.2, 0) is 4.79 Å². The van der Waals surface area contributed by atoms with Crippen LogP contribution in [0.25, 0.3) is 0 Å². The summed E-state index contributed by atoms with van der Waals surface area (Å²) in [6.45, 7) is 13.0. The lowest BCUT2D eigenvalue weighted by Gasteiger charge is -2.59. The molecule has 4 N–H and O–H groups in total. The summed E-state index contributed by atoms with van der Waals surface area (Å²) in [6.07, 6.45) is 3.69. The maximum atomic E-state index is 13.5. The Labute approximate surface area is 199 Å². The number of carbonyl (C=O) groups excluding carboxylic acids is 1. The topological polar surface area (TPSA) is 98.0 Å². The molecule has 0 aromatic heterocycles. The number of rotatable bonds is 6. The first kappa shape index (κ1) is 25.1. The average Bonchev–Trinajstić information content (AvgIpc) is 3.04. The first-order valence-corrected chi connectivity index (χ1v) is 13.0. The highest BCUT2D eigenvalue weighted by atomic mass is 16.3. The van der Waals surface area contributed by atoms with Crippen molar-refractivity contribution in [3.63, 3.8) is 0 Å². The van der Waals surface area contributed by atoms with Crippen LogP contribution in [0.4, 0.5) is 0 Å². The molecule has 0 heterocycles. The van der Waals surface area contributed by atoms with Crippen molar-refractivity contribution < 1.29 is 25.2 Å². The molecule has 5 nitrogen and oxygen atoms in total. The fourth-order valence-electron chi connectivity index (χ4n) is 8.32. The van der Waals surface area contributed by atoms with Crippen molar-refractivity contribution in [1.82, 2.24) is 0 Å². The molecule has 0 amide bonds. The summed E-state index contributed by atoms with van der Waals surface area (Å²) in [5.41, 5.74) is 2.76. The number of aliphatic hydroxyl groups excluding tert-OH is 4. The van der Waals surface area contributed by atoms with Gasteiger partial charge in [-0.3, -0.25) is 4.79 Å². The van der Waals surface area contributed by atoms with E-state index in [-0.39, 0.29) is 46.9 Å². The first-order chi connectivity index (χ1) is 15.5. The van der Waals surface area contributed by atoms with Crippen LogP contribution in [0.5, 0.6) is 0 Å². The Hall–Kier alpha value is -1.01. The van der Waals surface area contributed by atoms with Crippen molar-refractivity contribution in [3.8, 4) is 0 Å². The van der Waals surface area contributed by atoms with E-state index in [1.54, 1.807) is 0 Å². The van der Waals surface area contributed by atoms with Crippen molar-refractivity contribution >= 4 is 5.78 Å². The van der Waals surface area contributed by atoms with Gasteiger partial charge in [0.2, 0.25) is 0 Å². The zero-order chi connectivity index (χ0) is 24.3. The van der Waals surface area contributed by atoms with E-state index >= 15 is 0 Å². The van der Waals surface area contributed by atoms with Crippen LogP contribution in [0.3, 0.4) is 0 Å². The van der Waals surface area contributed by atoms with Gasteiger partial charge in [-0.2, -0.15) is 0 Å². The lowest BCUT2D eigenvalue weighted by atomic mass is 9.47. The third-order valence-electron chi connectivity index (χ3n) is 10.5. The molecule has 3 fully saturated rings. The lowest BCUT2D eigenvalue weighted by molar-refractivity contribution is -0.166. The van der Waals surface area contributed by atoms with E-state index in [2.05, 4.69) is 27.4 Å². The molecule has 0 bridgehead atoms. The maximum Gasteiger partial charge on any atom is 0.159 e. The highest BCUT2D eigenvalue weighted by Gasteiger charge is 2.61. The molecule has 4 aliphatic carbocycles.